The first kappa shape index (κ1) is 16.0. The third kappa shape index (κ3) is 2.84. The molecule has 118 valence electrons. The molecule has 0 amide bonds. The van der Waals surface area contributed by atoms with E-state index in [1.165, 1.54) is 4.90 Å². The largest absolute Gasteiger partial charge is 0.501 e. The number of hydrogen-bond acceptors (Lipinski definition) is 4. The fraction of sp³-hybridized carbons (Fsp3) is 0.500. The number of hydrogen-bond donors (Lipinski definition) is 1. The fourth-order valence-electron chi connectivity index (χ4n) is 2.28. The maximum Gasteiger partial charge on any atom is 0.501 e. The Labute approximate surface area is 119 Å². The molecule has 21 heavy (non-hydrogen) atoms. The standard InChI is InChI=1S/C12H14F4N2O2S/c1-7-5-18(6-9(7)17)10-3-2-8(13)4-11(10)21(19,20)12(14,15)16/h2-4,7,9H,5-6,17H2,1H3. The molecule has 0 aromatic heterocycles. The maximum absolute atomic E-state index is 13.2. The van der Waals surface area contributed by atoms with Gasteiger partial charge in [0.2, 0.25) is 0 Å². The molecule has 0 bridgehead atoms. The van der Waals surface area contributed by atoms with E-state index in [-0.39, 0.29) is 24.2 Å². The van der Waals surface area contributed by atoms with Gasteiger partial charge < -0.3 is 10.6 Å². The summed E-state index contributed by atoms with van der Waals surface area (Å²) in [5, 5.41) is 0. The molecule has 1 aliphatic heterocycles. The van der Waals surface area contributed by atoms with Crippen LogP contribution in [-0.2, 0) is 9.84 Å². The van der Waals surface area contributed by atoms with E-state index >= 15 is 0 Å². The highest BCUT2D eigenvalue weighted by atomic mass is 32.2. The number of anilines is 1. The molecule has 9 heteroatoms. The van der Waals surface area contributed by atoms with Crippen LogP contribution in [0.1, 0.15) is 6.92 Å². The predicted octanol–water partition coefficient (Wildman–Crippen LogP) is 1.90. The Morgan fingerprint density at radius 1 is 1.29 bits per heavy atom. The van der Waals surface area contributed by atoms with Crippen molar-refractivity contribution >= 4 is 15.5 Å². The van der Waals surface area contributed by atoms with Crippen LogP contribution in [0.4, 0.5) is 23.2 Å². The Morgan fingerprint density at radius 3 is 2.38 bits per heavy atom. The molecule has 1 aromatic rings. The second-order valence-corrected chi connectivity index (χ2v) is 7.02. The Bertz CT molecular complexity index is 635. The topological polar surface area (TPSA) is 63.4 Å². The van der Waals surface area contributed by atoms with Gasteiger partial charge in [0, 0.05) is 19.1 Å². The average Bonchev–Trinajstić information content (AvgIpc) is 2.68. The third-order valence-corrected chi connectivity index (χ3v) is 5.04. The highest BCUT2D eigenvalue weighted by Crippen LogP contribution is 2.37. The summed E-state index contributed by atoms with van der Waals surface area (Å²) in [5.74, 6) is -1.05. The quantitative estimate of drug-likeness (QED) is 0.843. The van der Waals surface area contributed by atoms with E-state index in [2.05, 4.69) is 0 Å². The number of rotatable bonds is 2. The Kier molecular flexibility index (Phi) is 3.92. The molecule has 0 saturated carbocycles. The lowest BCUT2D eigenvalue weighted by Gasteiger charge is -2.22. The highest BCUT2D eigenvalue weighted by Gasteiger charge is 2.49. The molecule has 1 saturated heterocycles. The van der Waals surface area contributed by atoms with E-state index in [9.17, 15) is 26.0 Å². The second-order valence-electron chi connectivity index (χ2n) is 5.11. The molecular weight excluding hydrogens is 312 g/mol. The molecule has 1 fully saturated rings. The van der Waals surface area contributed by atoms with Crippen molar-refractivity contribution in [1.82, 2.24) is 0 Å². The predicted molar refractivity (Wildman–Crippen MR) is 69.0 cm³/mol. The lowest BCUT2D eigenvalue weighted by Crippen LogP contribution is -2.30. The van der Waals surface area contributed by atoms with Gasteiger partial charge in [-0.2, -0.15) is 13.2 Å². The van der Waals surface area contributed by atoms with Crippen LogP contribution in [-0.4, -0.2) is 33.1 Å². The first-order valence-corrected chi connectivity index (χ1v) is 7.64. The molecule has 2 atom stereocenters. The van der Waals surface area contributed by atoms with E-state index in [1.807, 2.05) is 6.92 Å². The van der Waals surface area contributed by atoms with Gasteiger partial charge in [-0.15, -0.1) is 0 Å². The van der Waals surface area contributed by atoms with Crippen molar-refractivity contribution in [2.24, 2.45) is 11.7 Å². The van der Waals surface area contributed by atoms with Crippen LogP contribution in [0, 0.1) is 11.7 Å². The molecular formula is C12H14F4N2O2S. The minimum Gasteiger partial charge on any atom is -0.369 e. The lowest BCUT2D eigenvalue weighted by atomic mass is 10.1. The van der Waals surface area contributed by atoms with Crippen molar-refractivity contribution in [3.63, 3.8) is 0 Å². The van der Waals surface area contributed by atoms with Gasteiger partial charge in [0.15, 0.2) is 0 Å². The van der Waals surface area contributed by atoms with Crippen molar-refractivity contribution in [3.05, 3.63) is 24.0 Å². The first-order chi connectivity index (χ1) is 9.54. The summed E-state index contributed by atoms with van der Waals surface area (Å²) in [7, 11) is -5.62. The van der Waals surface area contributed by atoms with Crippen molar-refractivity contribution in [2.45, 2.75) is 23.4 Å². The van der Waals surface area contributed by atoms with Crippen molar-refractivity contribution < 1.29 is 26.0 Å². The highest BCUT2D eigenvalue weighted by molar-refractivity contribution is 7.92. The Morgan fingerprint density at radius 2 is 1.90 bits per heavy atom. The average molecular weight is 326 g/mol. The first-order valence-electron chi connectivity index (χ1n) is 6.15. The smallest absolute Gasteiger partial charge is 0.369 e. The second kappa shape index (κ2) is 5.13. The molecule has 2 unspecified atom stereocenters. The van der Waals surface area contributed by atoms with Crippen LogP contribution >= 0.6 is 0 Å². The number of halogens is 4. The number of sulfone groups is 1. The zero-order valence-electron chi connectivity index (χ0n) is 11.1. The van der Waals surface area contributed by atoms with Gasteiger partial charge in [-0.1, -0.05) is 6.92 Å². The number of alkyl halides is 3. The minimum absolute atomic E-state index is 0.00325. The number of benzene rings is 1. The molecule has 2 rings (SSSR count). The summed E-state index contributed by atoms with van der Waals surface area (Å²) in [6, 6.07) is 2.08. The zero-order chi connectivity index (χ0) is 16.0. The summed E-state index contributed by atoms with van der Waals surface area (Å²) in [4.78, 5) is 0.365. The molecule has 2 N–H and O–H groups in total. The third-order valence-electron chi connectivity index (χ3n) is 3.53. The van der Waals surface area contributed by atoms with Crippen molar-refractivity contribution in [1.29, 1.82) is 0 Å². The Hall–Kier alpha value is -1.35. The van der Waals surface area contributed by atoms with Gasteiger partial charge in [-0.05, 0) is 24.1 Å². The van der Waals surface area contributed by atoms with E-state index in [0.29, 0.717) is 12.6 Å². The van der Waals surface area contributed by atoms with Gasteiger partial charge in [-0.25, -0.2) is 12.8 Å². The van der Waals surface area contributed by atoms with Crippen LogP contribution < -0.4 is 10.6 Å². The van der Waals surface area contributed by atoms with E-state index < -0.39 is 26.1 Å². The maximum atomic E-state index is 13.2. The van der Waals surface area contributed by atoms with Crippen LogP contribution in [0.2, 0.25) is 0 Å². The van der Waals surface area contributed by atoms with E-state index in [4.69, 9.17) is 5.73 Å². The van der Waals surface area contributed by atoms with Gasteiger partial charge in [0.05, 0.1) is 5.69 Å². The van der Waals surface area contributed by atoms with Crippen molar-refractivity contribution in [2.75, 3.05) is 18.0 Å². The van der Waals surface area contributed by atoms with Crippen LogP contribution in [0.15, 0.2) is 23.1 Å². The number of nitrogens with two attached hydrogens (primary N) is 1. The van der Waals surface area contributed by atoms with E-state index in [1.54, 1.807) is 0 Å². The molecule has 4 nitrogen and oxygen atoms in total. The molecule has 0 spiro atoms. The number of nitrogens with zero attached hydrogens (tertiary/aromatic N) is 1. The van der Waals surface area contributed by atoms with Crippen molar-refractivity contribution in [3.8, 4) is 0 Å². The Balaban J connectivity index is 2.55. The summed E-state index contributed by atoms with van der Waals surface area (Å²) in [6.45, 7) is 2.34. The molecule has 0 aliphatic carbocycles. The SMILES string of the molecule is CC1CN(c2ccc(F)cc2S(=O)(=O)C(F)(F)F)CC1N. The van der Waals surface area contributed by atoms with Crippen LogP contribution in [0.3, 0.4) is 0 Å². The molecule has 0 radical (unpaired) electrons. The summed E-state index contributed by atoms with van der Waals surface area (Å²) < 4.78 is 74.6. The van der Waals surface area contributed by atoms with Gasteiger partial charge in [0.25, 0.3) is 9.84 Å². The summed E-state index contributed by atoms with van der Waals surface area (Å²) in [5.41, 5.74) is 0.138. The van der Waals surface area contributed by atoms with E-state index in [0.717, 1.165) is 12.1 Å². The normalized spacial score (nSPS) is 23.6. The minimum atomic E-state index is -5.62. The molecule has 1 heterocycles. The molecule has 1 aromatic carbocycles. The lowest BCUT2D eigenvalue weighted by molar-refractivity contribution is -0.0435. The summed E-state index contributed by atoms with van der Waals surface area (Å²) in [6.07, 6.45) is 0. The van der Waals surface area contributed by atoms with Gasteiger partial charge in [0.1, 0.15) is 10.7 Å². The van der Waals surface area contributed by atoms with Crippen LogP contribution in [0.25, 0.3) is 0 Å². The van der Waals surface area contributed by atoms with Crippen LogP contribution in [0.5, 0.6) is 0 Å². The fourth-order valence-corrected chi connectivity index (χ4v) is 3.27. The molecule has 1 aliphatic rings. The van der Waals surface area contributed by atoms with Gasteiger partial charge >= 0.3 is 5.51 Å². The summed E-state index contributed by atoms with van der Waals surface area (Å²) >= 11 is 0. The zero-order valence-corrected chi connectivity index (χ0v) is 11.9. The monoisotopic (exact) mass is 326 g/mol. The van der Waals surface area contributed by atoms with Gasteiger partial charge in [-0.3, -0.25) is 0 Å².